The van der Waals surface area contributed by atoms with Crippen LogP contribution < -0.4 is 4.90 Å². The Morgan fingerprint density at radius 1 is 0.846 bits per heavy atom. The summed E-state index contributed by atoms with van der Waals surface area (Å²) in [5, 5.41) is 2.46. The Labute approximate surface area is 157 Å². The van der Waals surface area contributed by atoms with Crippen LogP contribution in [0.1, 0.15) is 20.8 Å². The van der Waals surface area contributed by atoms with E-state index in [1.165, 1.54) is 10.8 Å². The minimum atomic E-state index is 1.08. The van der Waals surface area contributed by atoms with Gasteiger partial charge in [-0.3, -0.25) is 0 Å². The molecule has 0 N–H and O–H groups in total. The fourth-order valence-electron chi connectivity index (χ4n) is 2.90. The van der Waals surface area contributed by atoms with Gasteiger partial charge in [0.15, 0.2) is 0 Å². The molecule has 0 saturated heterocycles. The summed E-state index contributed by atoms with van der Waals surface area (Å²) >= 11 is 0. The van der Waals surface area contributed by atoms with Gasteiger partial charge < -0.3 is 4.90 Å². The van der Waals surface area contributed by atoms with Gasteiger partial charge in [0, 0.05) is 16.8 Å². The standard InChI is InChI=1S/C23H21N.C2H6/c1-3-11-20(12-4-2)24(21-15-6-5-7-16-21)23-18-10-14-19-13-8-9-17-22(19)23;1-2/h3-18H,1H2,2H3;1-2H3/b12-4-,20-11+;. The summed E-state index contributed by atoms with van der Waals surface area (Å²) in [5.41, 5.74) is 3.36. The van der Waals surface area contributed by atoms with Gasteiger partial charge in [-0.15, -0.1) is 0 Å². The molecule has 0 aliphatic carbocycles. The second-order valence-electron chi connectivity index (χ2n) is 5.50. The number of hydrogen-bond acceptors (Lipinski definition) is 1. The third-order valence-electron chi connectivity index (χ3n) is 3.91. The Morgan fingerprint density at radius 2 is 1.50 bits per heavy atom. The van der Waals surface area contributed by atoms with Crippen LogP contribution in [0.25, 0.3) is 10.8 Å². The van der Waals surface area contributed by atoms with Crippen molar-refractivity contribution >= 4 is 22.1 Å². The van der Waals surface area contributed by atoms with Crippen LogP contribution in [0.3, 0.4) is 0 Å². The highest BCUT2D eigenvalue weighted by Crippen LogP contribution is 2.35. The molecule has 0 aliphatic rings. The van der Waals surface area contributed by atoms with E-state index in [0.29, 0.717) is 0 Å². The first-order valence-corrected chi connectivity index (χ1v) is 9.13. The van der Waals surface area contributed by atoms with Crippen molar-refractivity contribution in [1.82, 2.24) is 0 Å². The van der Waals surface area contributed by atoms with Crippen LogP contribution in [0.4, 0.5) is 11.4 Å². The number of para-hydroxylation sites is 1. The van der Waals surface area contributed by atoms with Crippen molar-refractivity contribution in [1.29, 1.82) is 0 Å². The zero-order valence-corrected chi connectivity index (χ0v) is 15.9. The summed E-state index contributed by atoms with van der Waals surface area (Å²) in [5.74, 6) is 0. The van der Waals surface area contributed by atoms with Gasteiger partial charge in [-0.25, -0.2) is 0 Å². The minimum Gasteiger partial charge on any atom is -0.310 e. The van der Waals surface area contributed by atoms with Crippen LogP contribution in [0.15, 0.2) is 109 Å². The molecule has 0 saturated carbocycles. The second-order valence-corrected chi connectivity index (χ2v) is 5.50. The lowest BCUT2D eigenvalue weighted by atomic mass is 10.1. The van der Waals surface area contributed by atoms with E-state index >= 15 is 0 Å². The first-order chi connectivity index (χ1) is 12.8. The monoisotopic (exact) mass is 341 g/mol. The highest BCUT2D eigenvalue weighted by Gasteiger charge is 2.14. The number of nitrogens with zero attached hydrogens (tertiary/aromatic N) is 1. The summed E-state index contributed by atoms with van der Waals surface area (Å²) in [7, 11) is 0. The fraction of sp³-hybridized carbons (Fsp3) is 0.120. The summed E-state index contributed by atoms with van der Waals surface area (Å²) in [4.78, 5) is 2.27. The molecule has 132 valence electrons. The molecule has 1 heteroatoms. The summed E-state index contributed by atoms with van der Waals surface area (Å²) in [6, 6.07) is 25.3. The average molecular weight is 341 g/mol. The first-order valence-electron chi connectivity index (χ1n) is 9.13. The molecule has 3 aromatic carbocycles. The van der Waals surface area contributed by atoms with Gasteiger partial charge in [0.2, 0.25) is 0 Å². The molecular weight excluding hydrogens is 314 g/mol. The van der Waals surface area contributed by atoms with Crippen LogP contribution >= 0.6 is 0 Å². The van der Waals surface area contributed by atoms with Crippen LogP contribution in [0.2, 0.25) is 0 Å². The quantitative estimate of drug-likeness (QED) is 0.431. The minimum absolute atomic E-state index is 1.08. The van der Waals surface area contributed by atoms with Gasteiger partial charge in [-0.05, 0) is 42.7 Å². The third-order valence-corrected chi connectivity index (χ3v) is 3.91. The van der Waals surface area contributed by atoms with Gasteiger partial charge in [-0.1, -0.05) is 87.2 Å². The molecule has 3 rings (SSSR count). The van der Waals surface area contributed by atoms with E-state index in [1.807, 2.05) is 39.0 Å². The van der Waals surface area contributed by atoms with E-state index in [4.69, 9.17) is 0 Å². The molecule has 0 aromatic heterocycles. The number of benzene rings is 3. The molecule has 0 atom stereocenters. The maximum Gasteiger partial charge on any atom is 0.0540 e. The van der Waals surface area contributed by atoms with Crippen molar-refractivity contribution in [2.24, 2.45) is 0 Å². The van der Waals surface area contributed by atoms with E-state index in [-0.39, 0.29) is 0 Å². The van der Waals surface area contributed by atoms with Crippen LogP contribution in [-0.4, -0.2) is 0 Å². The average Bonchev–Trinajstić information content (AvgIpc) is 2.71. The lowest BCUT2D eigenvalue weighted by Gasteiger charge is -2.27. The summed E-state index contributed by atoms with van der Waals surface area (Å²) < 4.78 is 0. The van der Waals surface area contributed by atoms with E-state index in [9.17, 15) is 0 Å². The van der Waals surface area contributed by atoms with Gasteiger partial charge in [0.25, 0.3) is 0 Å². The first kappa shape index (κ1) is 19.3. The van der Waals surface area contributed by atoms with Crippen molar-refractivity contribution < 1.29 is 0 Å². The topological polar surface area (TPSA) is 3.24 Å². The normalized spacial score (nSPS) is 11.1. The smallest absolute Gasteiger partial charge is 0.0540 e. The van der Waals surface area contributed by atoms with Crippen LogP contribution in [0.5, 0.6) is 0 Å². The number of hydrogen-bond donors (Lipinski definition) is 0. The highest BCUT2D eigenvalue weighted by molar-refractivity contribution is 5.97. The molecule has 1 nitrogen and oxygen atoms in total. The van der Waals surface area contributed by atoms with Crippen molar-refractivity contribution in [3.05, 3.63) is 109 Å². The lowest BCUT2D eigenvalue weighted by molar-refractivity contribution is 1.22. The van der Waals surface area contributed by atoms with E-state index < -0.39 is 0 Å². The lowest BCUT2D eigenvalue weighted by Crippen LogP contribution is -2.15. The fourth-order valence-corrected chi connectivity index (χ4v) is 2.90. The SMILES string of the molecule is C=C/C=C(\C=C/C)N(c1ccccc1)c1cccc2ccccc12.CC. The molecule has 0 spiro atoms. The Morgan fingerprint density at radius 3 is 2.19 bits per heavy atom. The van der Waals surface area contributed by atoms with Crippen LogP contribution in [0, 0.1) is 0 Å². The summed E-state index contributed by atoms with van der Waals surface area (Å²) in [6.07, 6.45) is 8.03. The second kappa shape index (κ2) is 10.0. The molecule has 0 fully saturated rings. The number of allylic oxidation sites excluding steroid dienone is 4. The van der Waals surface area contributed by atoms with E-state index in [0.717, 1.165) is 17.1 Å². The Kier molecular flexibility index (Phi) is 7.45. The van der Waals surface area contributed by atoms with Gasteiger partial charge in [-0.2, -0.15) is 0 Å². The van der Waals surface area contributed by atoms with Crippen molar-refractivity contribution in [3.8, 4) is 0 Å². The van der Waals surface area contributed by atoms with Crippen LogP contribution in [-0.2, 0) is 0 Å². The molecule has 0 aliphatic heterocycles. The van der Waals surface area contributed by atoms with Gasteiger partial charge in [0.1, 0.15) is 0 Å². The molecule has 0 bridgehead atoms. The third kappa shape index (κ3) is 4.31. The Hall–Kier alpha value is -3.06. The maximum absolute atomic E-state index is 3.88. The zero-order valence-electron chi connectivity index (χ0n) is 15.9. The van der Waals surface area contributed by atoms with Crippen molar-refractivity contribution in [2.45, 2.75) is 20.8 Å². The van der Waals surface area contributed by atoms with Crippen molar-refractivity contribution in [2.75, 3.05) is 4.90 Å². The van der Waals surface area contributed by atoms with Crippen molar-refractivity contribution in [3.63, 3.8) is 0 Å². The molecular formula is C25H27N. The predicted molar refractivity (Wildman–Crippen MR) is 117 cm³/mol. The molecule has 0 unspecified atom stereocenters. The largest absolute Gasteiger partial charge is 0.310 e. The predicted octanol–water partition coefficient (Wildman–Crippen LogP) is 7.65. The molecule has 26 heavy (non-hydrogen) atoms. The zero-order chi connectivity index (χ0) is 18.8. The Bertz CT molecular complexity index is 883. The Balaban J connectivity index is 0.00000117. The van der Waals surface area contributed by atoms with Gasteiger partial charge in [0.05, 0.1) is 5.69 Å². The number of anilines is 2. The molecule has 0 amide bonds. The summed E-state index contributed by atoms with van der Waals surface area (Å²) in [6.45, 7) is 9.91. The highest BCUT2D eigenvalue weighted by atomic mass is 15.1. The van der Waals surface area contributed by atoms with E-state index in [2.05, 4.69) is 90.4 Å². The maximum atomic E-state index is 3.88. The van der Waals surface area contributed by atoms with E-state index in [1.54, 1.807) is 0 Å². The number of fused-ring (bicyclic) bond motifs is 1. The molecule has 0 radical (unpaired) electrons. The molecule has 0 heterocycles. The van der Waals surface area contributed by atoms with Gasteiger partial charge >= 0.3 is 0 Å². The number of rotatable bonds is 5. The molecule has 3 aromatic rings.